The molecule has 0 N–H and O–H groups in total. The zero-order chi connectivity index (χ0) is 39.8. The number of rotatable bonds is 12. The van der Waals surface area contributed by atoms with Crippen molar-refractivity contribution in [3.05, 3.63) is 0 Å². The molecule has 0 spiro atoms. The van der Waals surface area contributed by atoms with Crippen molar-refractivity contribution < 1.29 is 138 Å². The monoisotopic (exact) mass is 822 g/mol. The second kappa shape index (κ2) is 23.1. The smallest absolute Gasteiger partial charge is 0.549 e. The molecule has 0 aliphatic carbocycles. The van der Waals surface area contributed by atoms with Gasteiger partial charge in [0, 0.05) is 0 Å². The number of hydrogen-bond donors (Lipinski definition) is 0. The average Bonchev–Trinajstić information content (AvgIpc) is 2.88. The van der Waals surface area contributed by atoms with E-state index in [1.807, 2.05) is 0 Å². The fraction of sp³-hybridized carbons (Fsp3) is 0.667. The Hall–Kier alpha value is -3.40. The summed E-state index contributed by atoms with van der Waals surface area (Å²) in [5.74, 6) is -25.3. The minimum Gasteiger partial charge on any atom is -0.549 e. The maximum absolute atomic E-state index is 11.6. The Morgan fingerprint density at radius 3 is 0.490 bits per heavy atom. The van der Waals surface area contributed by atoms with Crippen LogP contribution in [0.15, 0.2) is 0 Å². The van der Waals surface area contributed by atoms with Crippen LogP contribution in [0, 0.1) is 23.7 Å². The number of alkyl halides is 12. The molecule has 0 aromatic rings. The predicted octanol–water partition coefficient (Wildman–Crippen LogP) is -0.427. The van der Waals surface area contributed by atoms with Crippen LogP contribution in [0.5, 0.6) is 0 Å². The van der Waals surface area contributed by atoms with Gasteiger partial charge in [0.05, 0.1) is 47.5 Å². The van der Waals surface area contributed by atoms with E-state index in [4.69, 9.17) is 0 Å². The van der Waals surface area contributed by atoms with E-state index < -0.39 is 121 Å². The van der Waals surface area contributed by atoms with Crippen LogP contribution in [-0.4, -0.2) is 71.7 Å². The number of ketones is 4. The van der Waals surface area contributed by atoms with Gasteiger partial charge in [-0.25, -0.2) is 0 Å². The number of carboxylic acid groups (broad SMARTS) is 4. The summed E-state index contributed by atoms with van der Waals surface area (Å²) in [6.45, 7) is 4.68. The van der Waals surface area contributed by atoms with Gasteiger partial charge in [-0.2, -0.15) is 52.7 Å². The van der Waals surface area contributed by atoms with Crippen molar-refractivity contribution in [2.24, 2.45) is 23.7 Å². The molecule has 4 atom stereocenters. The predicted molar refractivity (Wildman–Crippen MR) is 119 cm³/mol. The molecule has 0 saturated heterocycles. The van der Waals surface area contributed by atoms with Gasteiger partial charge in [0.25, 0.3) is 0 Å². The van der Waals surface area contributed by atoms with Crippen LogP contribution in [0.3, 0.4) is 0 Å². The van der Waals surface area contributed by atoms with E-state index in [-0.39, 0.29) is 26.2 Å². The van der Waals surface area contributed by atoms with Crippen molar-refractivity contribution >= 4 is 47.0 Å². The third-order valence-corrected chi connectivity index (χ3v) is 5.15. The van der Waals surface area contributed by atoms with Crippen molar-refractivity contribution in [2.45, 2.75) is 78.1 Å². The largest absolute Gasteiger partial charge is 4.00 e. The second-order valence-corrected chi connectivity index (χ2v) is 8.57. The van der Waals surface area contributed by atoms with E-state index >= 15 is 0 Å². The SMILES string of the molecule is CCC(C(=O)[O-])C(=O)C(F)(F)F.CCC(C(=O)[O-])C(=O)C(F)(F)F.CCC(C(=O)[O-])C(=O)C(F)(F)F.CCC(C(=O)[O-])C(=O)C(F)(F)F.[Zr+4]. The topological polar surface area (TPSA) is 229 Å². The van der Waals surface area contributed by atoms with Gasteiger partial charge >= 0.3 is 50.9 Å². The molecule has 49 heavy (non-hydrogen) atoms. The summed E-state index contributed by atoms with van der Waals surface area (Å²) < 4.78 is 139. The molecular weight excluding hydrogens is 799 g/mol. The summed E-state index contributed by atoms with van der Waals surface area (Å²) in [5.41, 5.74) is 0. The number of carboxylic acids is 4. The Morgan fingerprint density at radius 2 is 0.469 bits per heavy atom. The molecule has 0 rings (SSSR count). The van der Waals surface area contributed by atoms with Crippen LogP contribution in [0.2, 0.25) is 0 Å². The average molecular weight is 824 g/mol. The molecule has 4 unspecified atom stereocenters. The molecule has 0 amide bonds. The number of hydrogen-bond acceptors (Lipinski definition) is 12. The fourth-order valence-corrected chi connectivity index (χ4v) is 2.63. The van der Waals surface area contributed by atoms with Crippen LogP contribution >= 0.6 is 0 Å². The first kappa shape index (κ1) is 55.0. The Labute approximate surface area is 286 Å². The standard InChI is InChI=1S/4C6H7F3O3.Zr/c4*1-2-3(5(11)12)4(10)6(7,8)9;/h4*3H,2H2,1H3,(H,11,12);/q;;;;+4/p-4. The third-order valence-electron chi connectivity index (χ3n) is 5.15. The Balaban J connectivity index is -0.000000174. The first-order valence-electron chi connectivity index (χ1n) is 12.5. The Kier molecular flexibility index (Phi) is 25.9. The first-order chi connectivity index (χ1) is 21.2. The molecule has 0 heterocycles. The molecular formula is C24H24F12O12Zr. The molecule has 0 saturated carbocycles. The number of Topliss-reactive ketones (excluding diaryl/α,β-unsaturated/α-hetero) is 4. The molecule has 0 aliphatic rings. The van der Waals surface area contributed by atoms with Crippen molar-refractivity contribution in [1.29, 1.82) is 0 Å². The maximum atomic E-state index is 11.6. The van der Waals surface area contributed by atoms with Crippen LogP contribution in [-0.2, 0) is 64.6 Å². The first-order valence-corrected chi connectivity index (χ1v) is 12.5. The third kappa shape index (κ3) is 22.0. The van der Waals surface area contributed by atoms with E-state index in [1.54, 1.807) is 0 Å². The molecule has 280 valence electrons. The minimum atomic E-state index is -5.10. The summed E-state index contributed by atoms with van der Waals surface area (Å²) in [5, 5.41) is 39.9. The van der Waals surface area contributed by atoms with Crippen LogP contribution in [0.25, 0.3) is 0 Å². The summed E-state index contributed by atoms with van der Waals surface area (Å²) in [4.78, 5) is 81.1. The Bertz CT molecular complexity index is 970. The van der Waals surface area contributed by atoms with E-state index in [0.29, 0.717) is 0 Å². The molecule has 0 aromatic heterocycles. The van der Waals surface area contributed by atoms with Gasteiger partial charge in [0.15, 0.2) is 0 Å². The van der Waals surface area contributed by atoms with Crippen molar-refractivity contribution in [2.75, 3.05) is 0 Å². The van der Waals surface area contributed by atoms with Gasteiger partial charge in [0.2, 0.25) is 23.1 Å². The Morgan fingerprint density at radius 1 is 0.367 bits per heavy atom. The van der Waals surface area contributed by atoms with E-state index in [1.165, 1.54) is 27.7 Å². The molecule has 0 aliphatic heterocycles. The maximum Gasteiger partial charge on any atom is 4.00 e. The van der Waals surface area contributed by atoms with Gasteiger partial charge in [0.1, 0.15) is 0 Å². The second-order valence-electron chi connectivity index (χ2n) is 8.57. The normalized spacial score (nSPS) is 13.7. The number of aliphatic carboxylic acids is 4. The van der Waals surface area contributed by atoms with Crippen LogP contribution in [0.4, 0.5) is 52.7 Å². The zero-order valence-electron chi connectivity index (χ0n) is 25.1. The number of halogens is 12. The van der Waals surface area contributed by atoms with Gasteiger partial charge in [-0.15, -0.1) is 0 Å². The molecule has 12 nitrogen and oxygen atoms in total. The summed E-state index contributed by atoms with van der Waals surface area (Å²) in [6.07, 6.45) is -22.0. The number of carbonyl (C=O) groups is 8. The van der Waals surface area contributed by atoms with Crippen LogP contribution in [0.1, 0.15) is 53.4 Å². The van der Waals surface area contributed by atoms with Gasteiger partial charge < -0.3 is 39.6 Å². The van der Waals surface area contributed by atoms with Crippen molar-refractivity contribution in [3.8, 4) is 0 Å². The fourth-order valence-electron chi connectivity index (χ4n) is 2.63. The minimum absolute atomic E-state index is 0. The summed E-state index contributed by atoms with van der Waals surface area (Å²) >= 11 is 0. The van der Waals surface area contributed by atoms with Gasteiger partial charge in [-0.05, 0) is 25.7 Å². The molecule has 0 aromatic carbocycles. The van der Waals surface area contributed by atoms with E-state index in [0.717, 1.165) is 0 Å². The molecule has 25 heteroatoms. The molecule has 0 fully saturated rings. The van der Waals surface area contributed by atoms with E-state index in [2.05, 4.69) is 0 Å². The van der Waals surface area contributed by atoms with Crippen LogP contribution < -0.4 is 20.4 Å². The van der Waals surface area contributed by atoms with Crippen molar-refractivity contribution in [1.82, 2.24) is 0 Å². The van der Waals surface area contributed by atoms with Gasteiger partial charge in [-0.1, -0.05) is 27.7 Å². The van der Waals surface area contributed by atoms with Crippen molar-refractivity contribution in [3.63, 3.8) is 0 Å². The summed E-state index contributed by atoms with van der Waals surface area (Å²) in [7, 11) is 0. The van der Waals surface area contributed by atoms with Gasteiger partial charge in [-0.3, -0.25) is 19.2 Å². The number of carbonyl (C=O) groups excluding carboxylic acids is 8. The van der Waals surface area contributed by atoms with E-state index in [9.17, 15) is 111 Å². The summed E-state index contributed by atoms with van der Waals surface area (Å²) in [6, 6.07) is 0. The molecule has 0 bridgehead atoms. The molecule has 0 radical (unpaired) electrons. The quantitative estimate of drug-likeness (QED) is 0.181. The zero-order valence-corrected chi connectivity index (χ0v) is 27.5.